The second-order valence-electron chi connectivity index (χ2n) is 4.98. The maximum Gasteiger partial charge on any atom is 0.237 e. The van der Waals surface area contributed by atoms with E-state index in [0.29, 0.717) is 6.42 Å². The van der Waals surface area contributed by atoms with Crippen LogP contribution in [0.1, 0.15) is 38.1 Å². The molecule has 102 valence electrons. The molecule has 1 aromatic heterocycles. The summed E-state index contributed by atoms with van der Waals surface area (Å²) >= 11 is 0. The van der Waals surface area contributed by atoms with Crippen LogP contribution in [0.4, 0.5) is 0 Å². The zero-order valence-corrected chi connectivity index (χ0v) is 11.8. The Labute approximate surface area is 109 Å². The first-order valence-corrected chi connectivity index (χ1v) is 6.45. The highest BCUT2D eigenvalue weighted by Gasteiger charge is 2.29. The third-order valence-corrected chi connectivity index (χ3v) is 3.26. The van der Waals surface area contributed by atoms with Gasteiger partial charge in [0.25, 0.3) is 0 Å². The van der Waals surface area contributed by atoms with Gasteiger partial charge >= 0.3 is 0 Å². The van der Waals surface area contributed by atoms with Gasteiger partial charge in [0.2, 0.25) is 5.91 Å². The second kappa shape index (κ2) is 6.00. The first-order valence-electron chi connectivity index (χ1n) is 6.45. The van der Waals surface area contributed by atoms with Crippen LogP contribution in [-0.4, -0.2) is 27.8 Å². The van der Waals surface area contributed by atoms with Crippen molar-refractivity contribution in [2.45, 2.75) is 52.6 Å². The average Bonchev–Trinajstić information content (AvgIpc) is 2.57. The standard InChI is InChI=1S/C13H24N4O/c1-5-15-13(4,12(14)18)7-6-8-17-11(3)9-10(2)16-17/h9,15H,5-8H2,1-4H3,(H2,14,18). The minimum atomic E-state index is -0.620. The quantitative estimate of drug-likeness (QED) is 0.764. The molecular formula is C13H24N4O. The van der Waals surface area contributed by atoms with Crippen LogP contribution in [-0.2, 0) is 11.3 Å². The molecule has 0 saturated heterocycles. The third kappa shape index (κ3) is 3.57. The Balaban J connectivity index is 2.54. The first kappa shape index (κ1) is 14.7. The van der Waals surface area contributed by atoms with Crippen LogP contribution >= 0.6 is 0 Å². The Morgan fingerprint density at radius 1 is 1.56 bits per heavy atom. The third-order valence-electron chi connectivity index (χ3n) is 3.26. The highest BCUT2D eigenvalue weighted by molar-refractivity contribution is 5.84. The Kier molecular flexibility index (Phi) is 4.90. The largest absolute Gasteiger partial charge is 0.368 e. The zero-order valence-electron chi connectivity index (χ0n) is 11.8. The molecule has 5 nitrogen and oxygen atoms in total. The van der Waals surface area contributed by atoms with Gasteiger partial charge in [-0.2, -0.15) is 5.10 Å². The molecule has 0 radical (unpaired) electrons. The molecule has 5 heteroatoms. The number of amides is 1. The molecule has 0 aliphatic rings. The molecule has 0 spiro atoms. The van der Waals surface area contributed by atoms with Crippen molar-refractivity contribution in [3.63, 3.8) is 0 Å². The van der Waals surface area contributed by atoms with Crippen LogP contribution in [0, 0.1) is 13.8 Å². The van der Waals surface area contributed by atoms with E-state index in [1.165, 1.54) is 0 Å². The Morgan fingerprint density at radius 2 is 2.22 bits per heavy atom. The molecule has 0 aromatic carbocycles. The fraction of sp³-hybridized carbons (Fsp3) is 0.692. The summed E-state index contributed by atoms with van der Waals surface area (Å²) < 4.78 is 1.97. The fourth-order valence-corrected chi connectivity index (χ4v) is 2.17. The molecule has 0 saturated carbocycles. The number of carbonyl (C=O) groups excluding carboxylic acids is 1. The molecule has 0 fully saturated rings. The lowest BCUT2D eigenvalue weighted by Crippen LogP contribution is -2.53. The molecule has 3 N–H and O–H groups in total. The summed E-state index contributed by atoms with van der Waals surface area (Å²) in [5.74, 6) is -0.294. The van der Waals surface area contributed by atoms with Crippen molar-refractivity contribution < 1.29 is 4.79 Å². The normalized spacial score (nSPS) is 14.4. The topological polar surface area (TPSA) is 72.9 Å². The summed E-state index contributed by atoms with van der Waals surface area (Å²) in [5.41, 5.74) is 7.00. The minimum Gasteiger partial charge on any atom is -0.368 e. The number of nitrogens with two attached hydrogens (primary N) is 1. The summed E-state index contributed by atoms with van der Waals surface area (Å²) in [4.78, 5) is 11.5. The summed E-state index contributed by atoms with van der Waals surface area (Å²) in [6, 6.07) is 2.05. The van der Waals surface area contributed by atoms with Gasteiger partial charge < -0.3 is 11.1 Å². The lowest BCUT2D eigenvalue weighted by molar-refractivity contribution is -0.124. The van der Waals surface area contributed by atoms with E-state index in [1.54, 1.807) is 0 Å². The number of likely N-dealkylation sites (N-methyl/N-ethyl adjacent to an activating group) is 1. The molecule has 1 rings (SSSR count). The SMILES string of the molecule is CCNC(C)(CCCn1nc(C)cc1C)C(N)=O. The molecular weight excluding hydrogens is 228 g/mol. The number of hydrogen-bond donors (Lipinski definition) is 2. The lowest BCUT2D eigenvalue weighted by Gasteiger charge is -2.27. The van der Waals surface area contributed by atoms with E-state index >= 15 is 0 Å². The molecule has 1 amide bonds. The van der Waals surface area contributed by atoms with Crippen LogP contribution in [0.15, 0.2) is 6.07 Å². The van der Waals surface area contributed by atoms with E-state index in [-0.39, 0.29) is 5.91 Å². The van der Waals surface area contributed by atoms with Gasteiger partial charge in [-0.1, -0.05) is 6.92 Å². The van der Waals surface area contributed by atoms with Gasteiger partial charge in [0.1, 0.15) is 0 Å². The van der Waals surface area contributed by atoms with Gasteiger partial charge in [-0.05, 0) is 46.2 Å². The molecule has 1 unspecified atom stereocenters. The molecule has 1 aromatic rings. The summed E-state index contributed by atoms with van der Waals surface area (Å²) in [7, 11) is 0. The fourth-order valence-electron chi connectivity index (χ4n) is 2.17. The number of aromatic nitrogens is 2. The Hall–Kier alpha value is -1.36. The van der Waals surface area contributed by atoms with Gasteiger partial charge in [-0.3, -0.25) is 9.48 Å². The lowest BCUT2D eigenvalue weighted by atomic mass is 9.95. The number of primary amides is 1. The summed E-state index contributed by atoms with van der Waals surface area (Å²) in [6.07, 6.45) is 1.59. The van der Waals surface area contributed by atoms with Gasteiger partial charge in [0, 0.05) is 12.2 Å². The molecule has 1 atom stereocenters. The average molecular weight is 252 g/mol. The second-order valence-corrected chi connectivity index (χ2v) is 4.98. The number of nitrogens with zero attached hydrogens (tertiary/aromatic N) is 2. The summed E-state index contributed by atoms with van der Waals surface area (Å²) in [6.45, 7) is 9.41. The monoisotopic (exact) mass is 252 g/mol. The van der Waals surface area contributed by atoms with E-state index in [4.69, 9.17) is 5.73 Å². The maximum atomic E-state index is 11.5. The van der Waals surface area contributed by atoms with Crippen LogP contribution in [0.5, 0.6) is 0 Å². The number of aryl methyl sites for hydroxylation is 3. The van der Waals surface area contributed by atoms with Crippen LogP contribution < -0.4 is 11.1 Å². The van der Waals surface area contributed by atoms with E-state index in [0.717, 1.165) is 30.9 Å². The van der Waals surface area contributed by atoms with Crippen LogP contribution in [0.2, 0.25) is 0 Å². The Bertz CT molecular complexity index is 413. The van der Waals surface area contributed by atoms with Gasteiger partial charge in [-0.15, -0.1) is 0 Å². The van der Waals surface area contributed by atoms with Crippen molar-refractivity contribution in [1.29, 1.82) is 0 Å². The number of carbonyl (C=O) groups is 1. The van der Waals surface area contributed by atoms with Gasteiger partial charge in [0.15, 0.2) is 0 Å². The van der Waals surface area contributed by atoms with E-state index in [2.05, 4.69) is 16.5 Å². The zero-order chi connectivity index (χ0) is 13.8. The minimum absolute atomic E-state index is 0.294. The van der Waals surface area contributed by atoms with Gasteiger partial charge in [0.05, 0.1) is 11.2 Å². The van der Waals surface area contributed by atoms with Crippen molar-refractivity contribution in [3.05, 3.63) is 17.5 Å². The number of hydrogen-bond acceptors (Lipinski definition) is 3. The molecule has 0 aliphatic carbocycles. The Morgan fingerprint density at radius 3 is 2.67 bits per heavy atom. The van der Waals surface area contributed by atoms with Crippen molar-refractivity contribution in [2.75, 3.05) is 6.54 Å². The van der Waals surface area contributed by atoms with Crippen LogP contribution in [0.25, 0.3) is 0 Å². The predicted molar refractivity (Wildman–Crippen MR) is 72.2 cm³/mol. The van der Waals surface area contributed by atoms with Crippen molar-refractivity contribution in [3.8, 4) is 0 Å². The predicted octanol–water partition coefficient (Wildman–Crippen LogP) is 1.13. The highest BCUT2D eigenvalue weighted by Crippen LogP contribution is 2.13. The first-order chi connectivity index (χ1) is 8.39. The number of nitrogens with one attached hydrogen (secondary N) is 1. The molecule has 1 heterocycles. The smallest absolute Gasteiger partial charge is 0.237 e. The van der Waals surface area contributed by atoms with E-state index in [9.17, 15) is 4.79 Å². The summed E-state index contributed by atoms with van der Waals surface area (Å²) in [5, 5.41) is 7.56. The molecule has 0 bridgehead atoms. The maximum absolute atomic E-state index is 11.5. The van der Waals surface area contributed by atoms with Crippen molar-refractivity contribution >= 4 is 5.91 Å². The van der Waals surface area contributed by atoms with Gasteiger partial charge in [-0.25, -0.2) is 0 Å². The van der Waals surface area contributed by atoms with Crippen LogP contribution in [0.3, 0.4) is 0 Å². The van der Waals surface area contributed by atoms with Crippen molar-refractivity contribution in [1.82, 2.24) is 15.1 Å². The van der Waals surface area contributed by atoms with Crippen molar-refractivity contribution in [2.24, 2.45) is 5.73 Å². The number of rotatable bonds is 7. The van der Waals surface area contributed by atoms with E-state index in [1.807, 2.05) is 32.4 Å². The highest BCUT2D eigenvalue weighted by atomic mass is 16.1. The molecule has 0 aliphatic heterocycles. The van der Waals surface area contributed by atoms with E-state index < -0.39 is 5.54 Å². The molecule has 18 heavy (non-hydrogen) atoms.